The van der Waals surface area contributed by atoms with Crippen LogP contribution in [0.15, 0.2) is 18.2 Å². The molecule has 1 saturated heterocycles. The maximum atomic E-state index is 12.3. The van der Waals surface area contributed by atoms with Crippen molar-refractivity contribution in [3.63, 3.8) is 0 Å². The zero-order valence-corrected chi connectivity index (χ0v) is 11.5. The monoisotopic (exact) mass is 267 g/mol. The van der Waals surface area contributed by atoms with E-state index in [2.05, 4.69) is 23.9 Å². The summed E-state index contributed by atoms with van der Waals surface area (Å²) in [7, 11) is 2.10. The number of rotatable bonds is 2. The summed E-state index contributed by atoms with van der Waals surface area (Å²) in [5, 5.41) is 0.363. The van der Waals surface area contributed by atoms with Crippen LogP contribution in [0.1, 0.15) is 23.8 Å². The molecule has 0 aliphatic carbocycles. The topological polar surface area (TPSA) is 36.4 Å². The normalized spacial score (nSPS) is 21.1. The van der Waals surface area contributed by atoms with Crippen molar-refractivity contribution in [3.8, 4) is 0 Å². The Labute approximate surface area is 113 Å². The molecule has 0 saturated carbocycles. The van der Waals surface area contributed by atoms with Crippen molar-refractivity contribution in [1.29, 1.82) is 0 Å². The van der Waals surface area contributed by atoms with E-state index >= 15 is 0 Å². The largest absolute Gasteiger partial charge is 0.334 e. The number of hydrogen-bond donors (Lipinski definition) is 0. The first-order valence-electron chi connectivity index (χ1n) is 6.24. The molecule has 1 amide bonds. The molecule has 1 aromatic rings. The van der Waals surface area contributed by atoms with E-state index in [9.17, 15) is 4.79 Å². The maximum absolute atomic E-state index is 12.3. The summed E-state index contributed by atoms with van der Waals surface area (Å²) >= 11 is 5.82. The molecule has 4 nitrogen and oxygen atoms in total. The van der Waals surface area contributed by atoms with Crippen molar-refractivity contribution in [1.82, 2.24) is 14.8 Å². The number of hydrogen-bond acceptors (Lipinski definition) is 3. The van der Waals surface area contributed by atoms with Gasteiger partial charge in [-0.15, -0.1) is 0 Å². The minimum Gasteiger partial charge on any atom is -0.334 e. The molecule has 1 atom stereocenters. The van der Waals surface area contributed by atoms with Crippen LogP contribution < -0.4 is 0 Å². The van der Waals surface area contributed by atoms with E-state index in [0.717, 1.165) is 26.1 Å². The Morgan fingerprint density at radius 3 is 2.94 bits per heavy atom. The van der Waals surface area contributed by atoms with Crippen LogP contribution in [-0.2, 0) is 0 Å². The van der Waals surface area contributed by atoms with Gasteiger partial charge in [-0.1, -0.05) is 24.6 Å². The van der Waals surface area contributed by atoms with E-state index in [4.69, 9.17) is 11.6 Å². The molecule has 98 valence electrons. The first kappa shape index (κ1) is 13.3. The zero-order valence-electron chi connectivity index (χ0n) is 10.8. The standard InChI is InChI=1S/C13H18ClN3O/c1-3-10-9-17(8-7-16(10)2)13(18)11-5-4-6-12(14)15-11/h4-6,10H,3,7-9H2,1-2H3. The number of nitrogens with zero attached hydrogens (tertiary/aromatic N) is 3. The van der Waals surface area contributed by atoms with Crippen LogP contribution in [0, 0.1) is 0 Å². The van der Waals surface area contributed by atoms with Gasteiger partial charge in [0.25, 0.3) is 5.91 Å². The minimum absolute atomic E-state index is 0.0240. The van der Waals surface area contributed by atoms with Gasteiger partial charge in [0.1, 0.15) is 10.8 Å². The zero-order chi connectivity index (χ0) is 13.1. The Morgan fingerprint density at radius 2 is 2.28 bits per heavy atom. The van der Waals surface area contributed by atoms with Crippen molar-refractivity contribution in [2.24, 2.45) is 0 Å². The number of carbonyl (C=O) groups excluding carboxylic acids is 1. The fourth-order valence-electron chi connectivity index (χ4n) is 2.26. The summed E-state index contributed by atoms with van der Waals surface area (Å²) in [4.78, 5) is 20.6. The Hall–Kier alpha value is -1.13. The second-order valence-corrected chi connectivity index (χ2v) is 5.03. The van der Waals surface area contributed by atoms with Crippen LogP contribution in [0.2, 0.25) is 5.15 Å². The summed E-state index contributed by atoms with van der Waals surface area (Å²) in [6, 6.07) is 5.59. The van der Waals surface area contributed by atoms with E-state index < -0.39 is 0 Å². The third-order valence-electron chi connectivity index (χ3n) is 3.47. The molecule has 0 aromatic carbocycles. The molecular formula is C13H18ClN3O. The molecule has 1 aliphatic heterocycles. The number of pyridine rings is 1. The highest BCUT2D eigenvalue weighted by Gasteiger charge is 2.27. The van der Waals surface area contributed by atoms with Crippen molar-refractivity contribution >= 4 is 17.5 Å². The predicted molar refractivity (Wildman–Crippen MR) is 71.9 cm³/mol. The third-order valence-corrected chi connectivity index (χ3v) is 3.68. The van der Waals surface area contributed by atoms with Crippen LogP contribution in [0.5, 0.6) is 0 Å². The molecule has 18 heavy (non-hydrogen) atoms. The van der Waals surface area contributed by atoms with E-state index in [1.165, 1.54) is 0 Å². The summed E-state index contributed by atoms with van der Waals surface area (Å²) in [6.07, 6.45) is 1.04. The minimum atomic E-state index is -0.0240. The third kappa shape index (κ3) is 2.82. The van der Waals surface area contributed by atoms with Gasteiger partial charge in [0.15, 0.2) is 0 Å². The summed E-state index contributed by atoms with van der Waals surface area (Å²) in [5.41, 5.74) is 0.432. The van der Waals surface area contributed by atoms with Gasteiger partial charge in [0.05, 0.1) is 0 Å². The fourth-order valence-corrected chi connectivity index (χ4v) is 2.42. The first-order valence-corrected chi connectivity index (χ1v) is 6.61. The van der Waals surface area contributed by atoms with E-state index in [-0.39, 0.29) is 5.91 Å². The van der Waals surface area contributed by atoms with E-state index in [1.807, 2.05) is 4.90 Å². The van der Waals surface area contributed by atoms with Gasteiger partial charge in [-0.25, -0.2) is 4.98 Å². The SMILES string of the molecule is CCC1CN(C(=O)c2cccc(Cl)n2)CCN1C. The van der Waals surface area contributed by atoms with Crippen LogP contribution in [0.3, 0.4) is 0 Å². The highest BCUT2D eigenvalue weighted by atomic mass is 35.5. The highest BCUT2D eigenvalue weighted by Crippen LogP contribution is 2.14. The number of piperazine rings is 1. The molecule has 0 radical (unpaired) electrons. The number of amides is 1. The lowest BCUT2D eigenvalue weighted by Crippen LogP contribution is -2.53. The van der Waals surface area contributed by atoms with Crippen molar-refractivity contribution in [2.75, 3.05) is 26.7 Å². The first-order chi connectivity index (χ1) is 8.61. The molecule has 0 bridgehead atoms. The van der Waals surface area contributed by atoms with Gasteiger partial charge in [-0.05, 0) is 25.6 Å². The van der Waals surface area contributed by atoms with Crippen LogP contribution in [-0.4, -0.2) is 53.4 Å². The molecule has 0 N–H and O–H groups in total. The van der Waals surface area contributed by atoms with E-state index in [1.54, 1.807) is 18.2 Å². The average Bonchev–Trinajstić information content (AvgIpc) is 2.38. The van der Waals surface area contributed by atoms with E-state index in [0.29, 0.717) is 16.9 Å². The Kier molecular flexibility index (Phi) is 4.19. The van der Waals surface area contributed by atoms with Crippen molar-refractivity contribution < 1.29 is 4.79 Å². The number of likely N-dealkylation sites (N-methyl/N-ethyl adjacent to an activating group) is 1. The van der Waals surface area contributed by atoms with Crippen LogP contribution >= 0.6 is 11.6 Å². The number of halogens is 1. The molecule has 5 heteroatoms. The second kappa shape index (κ2) is 5.67. The smallest absolute Gasteiger partial charge is 0.272 e. The van der Waals surface area contributed by atoms with Gasteiger partial charge >= 0.3 is 0 Å². The summed E-state index contributed by atoms with van der Waals surface area (Å²) in [5.74, 6) is -0.0240. The predicted octanol–water partition coefficient (Wildman–Crippen LogP) is 1.90. The second-order valence-electron chi connectivity index (χ2n) is 4.64. The van der Waals surface area contributed by atoms with Gasteiger partial charge in [-0.2, -0.15) is 0 Å². The Bertz CT molecular complexity index is 438. The highest BCUT2D eigenvalue weighted by molar-refractivity contribution is 6.29. The van der Waals surface area contributed by atoms with Gasteiger partial charge < -0.3 is 4.90 Å². The lowest BCUT2D eigenvalue weighted by Gasteiger charge is -2.38. The number of carbonyl (C=O) groups is 1. The van der Waals surface area contributed by atoms with Gasteiger partial charge in [0, 0.05) is 25.7 Å². The maximum Gasteiger partial charge on any atom is 0.272 e. The lowest BCUT2D eigenvalue weighted by molar-refractivity contribution is 0.0536. The fraction of sp³-hybridized carbons (Fsp3) is 0.538. The summed E-state index contributed by atoms with van der Waals surface area (Å²) in [6.45, 7) is 4.57. The molecule has 1 aliphatic rings. The average molecular weight is 268 g/mol. The molecule has 2 heterocycles. The molecule has 2 rings (SSSR count). The molecule has 1 fully saturated rings. The quantitative estimate of drug-likeness (QED) is 0.768. The van der Waals surface area contributed by atoms with Crippen LogP contribution in [0.25, 0.3) is 0 Å². The van der Waals surface area contributed by atoms with Crippen molar-refractivity contribution in [3.05, 3.63) is 29.0 Å². The Balaban J connectivity index is 2.10. The molecule has 0 spiro atoms. The molecular weight excluding hydrogens is 250 g/mol. The number of aromatic nitrogens is 1. The molecule has 1 aromatic heterocycles. The lowest BCUT2D eigenvalue weighted by atomic mass is 10.1. The van der Waals surface area contributed by atoms with Gasteiger partial charge in [-0.3, -0.25) is 9.69 Å². The Morgan fingerprint density at radius 1 is 1.50 bits per heavy atom. The van der Waals surface area contributed by atoms with Crippen LogP contribution in [0.4, 0.5) is 0 Å². The van der Waals surface area contributed by atoms with Crippen molar-refractivity contribution in [2.45, 2.75) is 19.4 Å². The molecule has 1 unspecified atom stereocenters. The van der Waals surface area contributed by atoms with Gasteiger partial charge in [0.2, 0.25) is 0 Å². The summed E-state index contributed by atoms with van der Waals surface area (Å²) < 4.78 is 0.